The van der Waals surface area contributed by atoms with E-state index in [1.807, 2.05) is 6.07 Å². The number of hydrogen-bond donors (Lipinski definition) is 1. The van der Waals surface area contributed by atoms with Gasteiger partial charge < -0.3 is 10.1 Å². The van der Waals surface area contributed by atoms with Crippen molar-refractivity contribution in [1.82, 2.24) is 0 Å². The van der Waals surface area contributed by atoms with E-state index in [1.54, 1.807) is 36.4 Å². The van der Waals surface area contributed by atoms with Crippen molar-refractivity contribution >= 4 is 17.9 Å². The molecule has 5 heteroatoms. The van der Waals surface area contributed by atoms with Gasteiger partial charge in [-0.2, -0.15) is 5.26 Å². The van der Waals surface area contributed by atoms with Crippen molar-refractivity contribution < 1.29 is 14.3 Å². The van der Waals surface area contributed by atoms with Crippen molar-refractivity contribution in [3.05, 3.63) is 59.2 Å². The number of benzene rings is 2. The lowest BCUT2D eigenvalue weighted by Gasteiger charge is -2.09. The molecule has 0 bridgehead atoms. The van der Waals surface area contributed by atoms with Crippen LogP contribution in [0.15, 0.2) is 42.5 Å². The highest BCUT2D eigenvalue weighted by atomic mass is 16.5. The van der Waals surface area contributed by atoms with E-state index in [9.17, 15) is 9.59 Å². The lowest BCUT2D eigenvalue weighted by Crippen LogP contribution is -2.13. The van der Waals surface area contributed by atoms with Crippen molar-refractivity contribution in [2.75, 3.05) is 11.9 Å². The monoisotopic (exact) mass is 462 g/mol. The molecule has 0 saturated carbocycles. The van der Waals surface area contributed by atoms with Gasteiger partial charge in [0, 0.05) is 11.1 Å². The number of nitriles is 1. The summed E-state index contributed by atoms with van der Waals surface area (Å²) in [6, 6.07) is 13.5. The smallest absolute Gasteiger partial charge is 0.255 e. The van der Waals surface area contributed by atoms with Crippen LogP contribution in [0, 0.1) is 11.3 Å². The second-order valence-electron chi connectivity index (χ2n) is 8.75. The number of carbonyl (C=O) groups is 2. The Bertz CT molecular complexity index is 916. The first-order valence-corrected chi connectivity index (χ1v) is 12.7. The van der Waals surface area contributed by atoms with Gasteiger partial charge in [-0.25, -0.2) is 0 Å². The Morgan fingerprint density at radius 2 is 1.47 bits per heavy atom. The van der Waals surface area contributed by atoms with Crippen LogP contribution in [0.4, 0.5) is 5.69 Å². The van der Waals surface area contributed by atoms with Crippen molar-refractivity contribution in [2.24, 2.45) is 0 Å². The predicted octanol–water partition coefficient (Wildman–Crippen LogP) is 7.70. The molecule has 0 heterocycles. The summed E-state index contributed by atoms with van der Waals surface area (Å²) in [7, 11) is 0. The maximum absolute atomic E-state index is 12.5. The molecular weight excluding hydrogens is 424 g/mol. The number of ether oxygens (including phenoxy) is 1. The summed E-state index contributed by atoms with van der Waals surface area (Å²) in [5, 5.41) is 11.7. The highest BCUT2D eigenvalue weighted by Crippen LogP contribution is 2.19. The molecule has 0 spiro atoms. The molecule has 5 nitrogen and oxygen atoms in total. The maximum atomic E-state index is 12.5. The van der Waals surface area contributed by atoms with Crippen LogP contribution < -0.4 is 10.1 Å². The van der Waals surface area contributed by atoms with Crippen LogP contribution in [0.1, 0.15) is 110 Å². The van der Waals surface area contributed by atoms with E-state index in [-0.39, 0.29) is 11.5 Å². The molecule has 0 atom stereocenters. The lowest BCUT2D eigenvalue weighted by atomic mass is 10.1. The lowest BCUT2D eigenvalue weighted by molar-refractivity contribution is 0.102. The molecule has 2 rings (SSSR count). The second-order valence-corrected chi connectivity index (χ2v) is 8.75. The Hall–Kier alpha value is -3.13. The van der Waals surface area contributed by atoms with Crippen LogP contribution >= 0.6 is 0 Å². The van der Waals surface area contributed by atoms with Crippen molar-refractivity contribution in [3.63, 3.8) is 0 Å². The van der Waals surface area contributed by atoms with Gasteiger partial charge in [0.05, 0.1) is 23.9 Å². The van der Waals surface area contributed by atoms with Gasteiger partial charge in [0.1, 0.15) is 5.75 Å². The molecule has 0 aliphatic heterocycles. The fourth-order valence-corrected chi connectivity index (χ4v) is 3.87. The van der Waals surface area contributed by atoms with E-state index >= 15 is 0 Å². The van der Waals surface area contributed by atoms with Crippen LogP contribution in [0.3, 0.4) is 0 Å². The van der Waals surface area contributed by atoms with E-state index in [2.05, 4.69) is 12.2 Å². The zero-order chi connectivity index (χ0) is 24.4. The standard InChI is InChI=1S/C29H38N2O3/c1-2-3-4-5-6-7-8-9-10-11-12-13-20-34-27-17-15-25(16-18-27)29(33)31-28-19-14-24(22-30)21-26(28)23-32/h14-19,21,23H,2-13,20H2,1H3,(H,31,33). The van der Waals surface area contributed by atoms with Crippen LogP contribution in [-0.4, -0.2) is 18.8 Å². The average molecular weight is 463 g/mol. The Morgan fingerprint density at radius 1 is 0.882 bits per heavy atom. The summed E-state index contributed by atoms with van der Waals surface area (Å²) in [5.41, 5.74) is 1.50. The molecule has 34 heavy (non-hydrogen) atoms. The molecule has 2 aromatic carbocycles. The van der Waals surface area contributed by atoms with E-state index in [0.29, 0.717) is 29.7 Å². The third kappa shape index (κ3) is 10.2. The van der Waals surface area contributed by atoms with Crippen molar-refractivity contribution in [2.45, 2.75) is 84.0 Å². The van der Waals surface area contributed by atoms with Gasteiger partial charge in [0.25, 0.3) is 5.91 Å². The van der Waals surface area contributed by atoms with E-state index in [1.165, 1.54) is 76.7 Å². The largest absolute Gasteiger partial charge is 0.494 e. The molecule has 0 aliphatic rings. The van der Waals surface area contributed by atoms with E-state index in [0.717, 1.165) is 12.2 Å². The minimum atomic E-state index is -0.319. The fourth-order valence-electron chi connectivity index (χ4n) is 3.87. The zero-order valence-electron chi connectivity index (χ0n) is 20.5. The number of hydrogen-bond acceptors (Lipinski definition) is 4. The molecule has 2 aromatic rings. The van der Waals surface area contributed by atoms with Gasteiger partial charge in [-0.05, 0) is 48.9 Å². The summed E-state index contributed by atoms with van der Waals surface area (Å²) in [6.45, 7) is 2.94. The van der Waals surface area contributed by atoms with Crippen molar-refractivity contribution in [1.29, 1.82) is 5.26 Å². The maximum Gasteiger partial charge on any atom is 0.255 e. The topological polar surface area (TPSA) is 79.2 Å². The third-order valence-electron chi connectivity index (χ3n) is 5.94. The minimum absolute atomic E-state index is 0.273. The molecule has 0 fully saturated rings. The molecule has 1 amide bonds. The number of anilines is 1. The van der Waals surface area contributed by atoms with Crippen LogP contribution in [0.25, 0.3) is 0 Å². The molecule has 1 N–H and O–H groups in total. The number of carbonyl (C=O) groups excluding carboxylic acids is 2. The van der Waals surface area contributed by atoms with Gasteiger partial charge in [-0.3, -0.25) is 9.59 Å². The molecule has 0 aromatic heterocycles. The number of unbranched alkanes of at least 4 members (excludes halogenated alkanes) is 11. The Kier molecular flexibility index (Phi) is 13.1. The normalized spacial score (nSPS) is 10.5. The zero-order valence-corrected chi connectivity index (χ0v) is 20.5. The Balaban J connectivity index is 1.60. The Morgan fingerprint density at radius 3 is 2.03 bits per heavy atom. The number of nitrogens with one attached hydrogen (secondary N) is 1. The molecular formula is C29H38N2O3. The summed E-state index contributed by atoms with van der Waals surface area (Å²) >= 11 is 0. The number of nitrogens with zero attached hydrogens (tertiary/aromatic N) is 1. The quantitative estimate of drug-likeness (QED) is 0.193. The minimum Gasteiger partial charge on any atom is -0.494 e. The van der Waals surface area contributed by atoms with Gasteiger partial charge in [0.2, 0.25) is 0 Å². The summed E-state index contributed by atoms with van der Waals surface area (Å²) < 4.78 is 5.80. The third-order valence-corrected chi connectivity index (χ3v) is 5.94. The van der Waals surface area contributed by atoms with Crippen LogP contribution in [-0.2, 0) is 0 Å². The van der Waals surface area contributed by atoms with Crippen molar-refractivity contribution in [3.8, 4) is 11.8 Å². The summed E-state index contributed by atoms with van der Waals surface area (Å²) in [6.07, 6.45) is 16.4. The summed E-state index contributed by atoms with van der Waals surface area (Å²) in [4.78, 5) is 23.7. The Labute approximate surface area is 204 Å². The second kappa shape index (κ2) is 16.5. The van der Waals surface area contributed by atoms with Gasteiger partial charge >= 0.3 is 0 Å². The van der Waals surface area contributed by atoms with Gasteiger partial charge in [-0.1, -0.05) is 77.6 Å². The molecule has 0 aliphatic carbocycles. The first-order valence-electron chi connectivity index (χ1n) is 12.7. The molecule has 0 radical (unpaired) electrons. The van der Waals surface area contributed by atoms with Gasteiger partial charge in [0.15, 0.2) is 6.29 Å². The SMILES string of the molecule is CCCCCCCCCCCCCCOc1ccc(C(=O)Nc2ccc(C#N)cc2C=O)cc1. The van der Waals surface area contributed by atoms with E-state index in [4.69, 9.17) is 10.00 Å². The molecule has 0 saturated heterocycles. The van der Waals surface area contributed by atoms with Crippen LogP contribution in [0.5, 0.6) is 5.75 Å². The number of rotatable bonds is 17. The van der Waals surface area contributed by atoms with E-state index < -0.39 is 0 Å². The number of aldehydes is 1. The predicted molar refractivity (Wildman–Crippen MR) is 138 cm³/mol. The molecule has 0 unspecified atom stereocenters. The fraction of sp³-hybridized carbons (Fsp3) is 0.483. The highest BCUT2D eigenvalue weighted by molar-refractivity contribution is 6.06. The van der Waals surface area contributed by atoms with Gasteiger partial charge in [-0.15, -0.1) is 0 Å². The first kappa shape index (κ1) is 27.1. The van der Waals surface area contributed by atoms with Crippen LogP contribution in [0.2, 0.25) is 0 Å². The average Bonchev–Trinajstić information content (AvgIpc) is 2.87. The first-order chi connectivity index (χ1) is 16.7. The molecule has 182 valence electrons. The highest BCUT2D eigenvalue weighted by Gasteiger charge is 2.10. The summed E-state index contributed by atoms with van der Waals surface area (Å²) in [5.74, 6) is 0.423. The number of amides is 1.